The number of anilines is 1. The molecule has 3 rings (SSSR count). The maximum Gasteiger partial charge on any atom is 0.167 e. The molecule has 1 N–H and O–H groups in total. The number of Topliss-reactive ketones (excluding diaryl/α,β-unsaturated/α-hetero) is 1. The smallest absolute Gasteiger partial charge is 0.167 e. The van der Waals surface area contributed by atoms with Crippen molar-refractivity contribution in [3.05, 3.63) is 22.8 Å². The van der Waals surface area contributed by atoms with Gasteiger partial charge in [0.2, 0.25) is 0 Å². The first kappa shape index (κ1) is 15.9. The largest absolute Gasteiger partial charge is 0.493 e. The fourth-order valence-electron chi connectivity index (χ4n) is 3.47. The highest BCUT2D eigenvalue weighted by atomic mass is 16.5. The van der Waals surface area contributed by atoms with E-state index in [0.717, 1.165) is 35.6 Å². The second kappa shape index (κ2) is 5.04. The number of carbonyl (C=O) groups is 1. The van der Waals surface area contributed by atoms with Gasteiger partial charge in [-0.3, -0.25) is 4.79 Å². The summed E-state index contributed by atoms with van der Waals surface area (Å²) in [4.78, 5) is 12.6. The Balaban J connectivity index is 0.000000774. The number of hydrogen-bond donors (Lipinski definition) is 1. The van der Waals surface area contributed by atoms with Crippen molar-refractivity contribution >= 4 is 11.5 Å². The second-order valence-electron chi connectivity index (χ2n) is 6.73. The quantitative estimate of drug-likeness (QED) is 0.784. The van der Waals surface area contributed by atoms with Crippen molar-refractivity contribution in [3.63, 3.8) is 0 Å². The first-order valence-corrected chi connectivity index (χ1v) is 7.88. The Kier molecular flexibility index (Phi) is 3.81. The zero-order valence-electron chi connectivity index (χ0n) is 14.3. The third-order valence-electron chi connectivity index (χ3n) is 4.41. The monoisotopic (exact) mass is 289 g/mol. The summed E-state index contributed by atoms with van der Waals surface area (Å²) >= 11 is 0. The van der Waals surface area contributed by atoms with Crippen LogP contribution in [0.1, 0.15) is 58.2 Å². The Morgan fingerprint density at radius 2 is 1.81 bits per heavy atom. The number of nitrogens with one attached hydrogen (secondary N) is 1. The van der Waals surface area contributed by atoms with E-state index >= 15 is 0 Å². The van der Waals surface area contributed by atoms with E-state index < -0.39 is 11.0 Å². The predicted octanol–water partition coefficient (Wildman–Crippen LogP) is 4.01. The highest BCUT2D eigenvalue weighted by molar-refractivity contribution is 6.03. The maximum atomic E-state index is 12.6. The van der Waals surface area contributed by atoms with Gasteiger partial charge in [0, 0.05) is 17.7 Å². The second-order valence-corrected chi connectivity index (χ2v) is 6.73. The van der Waals surface area contributed by atoms with Gasteiger partial charge in [-0.05, 0) is 51.8 Å². The number of ether oxygens (including phenoxy) is 1. The number of ketones is 1. The molecule has 0 aromatic heterocycles. The van der Waals surface area contributed by atoms with Crippen LogP contribution in [-0.2, 0) is 16.6 Å². The molecule has 2 aliphatic rings. The van der Waals surface area contributed by atoms with Crippen LogP contribution in [0.2, 0.25) is 0 Å². The lowest BCUT2D eigenvalue weighted by molar-refractivity contribution is -0.127. The first-order chi connectivity index (χ1) is 9.75. The maximum absolute atomic E-state index is 12.6. The van der Waals surface area contributed by atoms with E-state index in [2.05, 4.69) is 18.3 Å². The molecule has 0 saturated heterocycles. The molecule has 0 radical (unpaired) electrons. The minimum absolute atomic E-state index is 0.241. The molecular formula is C18H27NO2. The minimum atomic E-state index is -0.526. The molecule has 0 bridgehead atoms. The van der Waals surface area contributed by atoms with E-state index in [4.69, 9.17) is 4.74 Å². The number of hydrogen-bond acceptors (Lipinski definition) is 3. The summed E-state index contributed by atoms with van der Waals surface area (Å²) in [5.41, 5.74) is 3.62. The van der Waals surface area contributed by atoms with E-state index in [1.54, 1.807) is 0 Å². The van der Waals surface area contributed by atoms with Crippen molar-refractivity contribution in [3.8, 4) is 5.75 Å². The van der Waals surface area contributed by atoms with Crippen molar-refractivity contribution in [2.24, 2.45) is 0 Å². The summed E-state index contributed by atoms with van der Waals surface area (Å²) in [7, 11) is 0. The van der Waals surface area contributed by atoms with Crippen LogP contribution in [0.5, 0.6) is 5.75 Å². The Labute approximate surface area is 128 Å². The molecule has 116 valence electrons. The van der Waals surface area contributed by atoms with Crippen LogP contribution in [0.3, 0.4) is 0 Å². The standard InChI is InChI=1S/C16H21NO2.C2H6/c1-9-8-11-12(10-6-7-19-13(9)10)17-16(4,5)14(18)15(11,2)3;1-2/h8,17H,6-7H2,1-5H3;1-2H3. The Bertz CT molecular complexity index is 585. The van der Waals surface area contributed by atoms with Gasteiger partial charge in [-0.2, -0.15) is 0 Å². The van der Waals surface area contributed by atoms with Crippen molar-refractivity contribution < 1.29 is 9.53 Å². The van der Waals surface area contributed by atoms with Gasteiger partial charge in [0.05, 0.1) is 17.6 Å². The van der Waals surface area contributed by atoms with Crippen LogP contribution in [-0.4, -0.2) is 17.9 Å². The average molecular weight is 289 g/mol. The van der Waals surface area contributed by atoms with Crippen molar-refractivity contribution in [2.45, 2.75) is 65.8 Å². The molecule has 0 saturated carbocycles. The summed E-state index contributed by atoms with van der Waals surface area (Å²) in [6, 6.07) is 2.11. The van der Waals surface area contributed by atoms with Crippen LogP contribution in [0.4, 0.5) is 5.69 Å². The van der Waals surface area contributed by atoms with E-state index in [-0.39, 0.29) is 5.78 Å². The first-order valence-electron chi connectivity index (χ1n) is 7.88. The molecule has 0 spiro atoms. The van der Waals surface area contributed by atoms with E-state index in [1.165, 1.54) is 5.56 Å². The molecule has 0 aliphatic carbocycles. The lowest BCUT2D eigenvalue weighted by Gasteiger charge is -2.42. The highest BCUT2D eigenvalue weighted by Gasteiger charge is 2.47. The molecule has 0 amide bonds. The normalized spacial score (nSPS) is 20.4. The molecule has 0 unspecified atom stereocenters. The number of aryl methyl sites for hydroxylation is 1. The zero-order valence-corrected chi connectivity index (χ0v) is 14.3. The molecule has 2 aliphatic heterocycles. The van der Waals surface area contributed by atoms with Gasteiger partial charge in [-0.25, -0.2) is 0 Å². The summed E-state index contributed by atoms with van der Waals surface area (Å²) in [5, 5.41) is 3.44. The average Bonchev–Trinajstić information content (AvgIpc) is 2.91. The SMILES string of the molecule is CC.Cc1cc2c(c3c1OCC3)NC(C)(C)C(=O)C2(C)C. The summed E-state index contributed by atoms with van der Waals surface area (Å²) in [6.07, 6.45) is 0.923. The molecule has 0 fully saturated rings. The molecule has 3 nitrogen and oxygen atoms in total. The predicted molar refractivity (Wildman–Crippen MR) is 87.5 cm³/mol. The van der Waals surface area contributed by atoms with Gasteiger partial charge in [0.25, 0.3) is 0 Å². The summed E-state index contributed by atoms with van der Waals surface area (Å²) in [5.74, 6) is 1.25. The van der Waals surface area contributed by atoms with Crippen LogP contribution in [0.15, 0.2) is 6.07 Å². The molecule has 3 heteroatoms. The fraction of sp³-hybridized carbons (Fsp3) is 0.611. The molecule has 2 heterocycles. The van der Waals surface area contributed by atoms with Gasteiger partial charge in [0.15, 0.2) is 5.78 Å². The number of rotatable bonds is 0. The molecule has 0 atom stereocenters. The Morgan fingerprint density at radius 3 is 2.43 bits per heavy atom. The zero-order chi connectivity index (χ0) is 16.0. The molecule has 1 aromatic carbocycles. The third kappa shape index (κ3) is 2.23. The van der Waals surface area contributed by atoms with Crippen LogP contribution in [0, 0.1) is 6.92 Å². The van der Waals surface area contributed by atoms with Crippen molar-refractivity contribution in [1.29, 1.82) is 0 Å². The van der Waals surface area contributed by atoms with Crippen LogP contribution in [0.25, 0.3) is 0 Å². The fourth-order valence-corrected chi connectivity index (χ4v) is 3.47. The number of benzene rings is 1. The molecule has 1 aromatic rings. The lowest BCUT2D eigenvalue weighted by Crippen LogP contribution is -2.53. The van der Waals surface area contributed by atoms with Gasteiger partial charge in [-0.15, -0.1) is 0 Å². The molecular weight excluding hydrogens is 262 g/mol. The van der Waals surface area contributed by atoms with Crippen LogP contribution >= 0.6 is 0 Å². The summed E-state index contributed by atoms with van der Waals surface area (Å²) in [6.45, 7) is 14.8. The van der Waals surface area contributed by atoms with Gasteiger partial charge < -0.3 is 10.1 Å². The van der Waals surface area contributed by atoms with Crippen molar-refractivity contribution in [1.82, 2.24) is 0 Å². The van der Waals surface area contributed by atoms with E-state index in [0.29, 0.717) is 0 Å². The van der Waals surface area contributed by atoms with Crippen LogP contribution < -0.4 is 10.1 Å². The Hall–Kier alpha value is -1.51. The minimum Gasteiger partial charge on any atom is -0.493 e. The Morgan fingerprint density at radius 1 is 1.19 bits per heavy atom. The lowest BCUT2D eigenvalue weighted by atomic mass is 9.69. The van der Waals surface area contributed by atoms with Gasteiger partial charge in [-0.1, -0.05) is 13.8 Å². The van der Waals surface area contributed by atoms with Crippen molar-refractivity contribution in [2.75, 3.05) is 11.9 Å². The third-order valence-corrected chi connectivity index (χ3v) is 4.41. The highest BCUT2D eigenvalue weighted by Crippen LogP contribution is 2.47. The molecule has 21 heavy (non-hydrogen) atoms. The number of carbonyl (C=O) groups excluding carboxylic acids is 1. The van der Waals surface area contributed by atoms with E-state index in [1.807, 2.05) is 41.5 Å². The topological polar surface area (TPSA) is 38.3 Å². The van der Waals surface area contributed by atoms with Gasteiger partial charge in [0.1, 0.15) is 5.75 Å². The van der Waals surface area contributed by atoms with E-state index in [9.17, 15) is 4.79 Å². The number of fused-ring (bicyclic) bond motifs is 3. The summed E-state index contributed by atoms with van der Waals surface area (Å²) < 4.78 is 5.73. The van der Waals surface area contributed by atoms with Gasteiger partial charge >= 0.3 is 0 Å².